The van der Waals surface area contributed by atoms with E-state index in [1.807, 2.05) is 24.3 Å². The van der Waals surface area contributed by atoms with Gasteiger partial charge in [-0.25, -0.2) is 0 Å². The van der Waals surface area contributed by atoms with Crippen LogP contribution in [0.1, 0.15) is 20.3 Å². The van der Waals surface area contributed by atoms with Crippen LogP contribution in [0.3, 0.4) is 0 Å². The molecule has 0 saturated heterocycles. The zero-order valence-corrected chi connectivity index (χ0v) is 11.2. The van der Waals surface area contributed by atoms with Gasteiger partial charge in [-0.15, -0.1) is 0 Å². The Bertz CT molecular complexity index is 390. The Morgan fingerprint density at radius 2 is 2.06 bits per heavy atom. The Balaban J connectivity index is 2.89. The number of ether oxygens (including phenoxy) is 1. The van der Waals surface area contributed by atoms with Crippen molar-refractivity contribution in [1.82, 2.24) is 0 Å². The number of carboxylic acids is 1. The molecule has 1 N–H and O–H groups in total. The van der Waals surface area contributed by atoms with Gasteiger partial charge >= 0.3 is 5.97 Å². The molecule has 0 atom stereocenters. The normalized spacial score (nSPS) is 10.4. The Morgan fingerprint density at radius 1 is 1.39 bits per heavy atom. The van der Waals surface area contributed by atoms with Gasteiger partial charge in [-0.05, 0) is 18.1 Å². The second-order valence-corrected chi connectivity index (χ2v) is 4.66. The highest BCUT2D eigenvalue weighted by atomic mass is 16.5. The number of aliphatic carboxylic acids is 1. The Morgan fingerprint density at radius 3 is 2.61 bits per heavy atom. The van der Waals surface area contributed by atoms with E-state index >= 15 is 0 Å². The first-order valence-electron chi connectivity index (χ1n) is 6.14. The largest absolute Gasteiger partial charge is 0.495 e. The van der Waals surface area contributed by atoms with E-state index in [9.17, 15) is 4.79 Å². The summed E-state index contributed by atoms with van der Waals surface area (Å²) in [7, 11) is 1.63. The Hall–Kier alpha value is -1.71. The molecule has 4 heteroatoms. The number of hydrogen-bond acceptors (Lipinski definition) is 3. The zero-order valence-electron chi connectivity index (χ0n) is 11.2. The summed E-state index contributed by atoms with van der Waals surface area (Å²) in [5.41, 5.74) is 0.954. The van der Waals surface area contributed by atoms with E-state index < -0.39 is 5.97 Å². The number of rotatable bonds is 7. The predicted molar refractivity (Wildman–Crippen MR) is 72.3 cm³/mol. The van der Waals surface area contributed by atoms with Crippen LogP contribution in [0, 0.1) is 5.92 Å². The molecule has 0 aliphatic carbocycles. The Labute approximate surface area is 108 Å². The van der Waals surface area contributed by atoms with Gasteiger partial charge in [-0.2, -0.15) is 0 Å². The maximum absolute atomic E-state index is 10.7. The van der Waals surface area contributed by atoms with E-state index in [-0.39, 0.29) is 6.42 Å². The SMILES string of the molecule is COc1ccccc1N(CCC(=O)O)CC(C)C. The minimum absolute atomic E-state index is 0.130. The molecule has 0 aromatic heterocycles. The third-order valence-corrected chi connectivity index (χ3v) is 2.61. The van der Waals surface area contributed by atoms with E-state index in [0.29, 0.717) is 12.5 Å². The smallest absolute Gasteiger partial charge is 0.305 e. The van der Waals surface area contributed by atoms with Crippen LogP contribution in [0.2, 0.25) is 0 Å². The molecular weight excluding hydrogens is 230 g/mol. The van der Waals surface area contributed by atoms with E-state index in [0.717, 1.165) is 18.0 Å². The van der Waals surface area contributed by atoms with Crippen molar-refractivity contribution >= 4 is 11.7 Å². The lowest BCUT2D eigenvalue weighted by atomic mass is 10.1. The van der Waals surface area contributed by atoms with Crippen molar-refractivity contribution in [2.24, 2.45) is 5.92 Å². The third-order valence-electron chi connectivity index (χ3n) is 2.61. The fourth-order valence-electron chi connectivity index (χ4n) is 1.87. The minimum Gasteiger partial charge on any atom is -0.495 e. The molecule has 100 valence electrons. The van der Waals surface area contributed by atoms with E-state index in [2.05, 4.69) is 18.7 Å². The lowest BCUT2D eigenvalue weighted by molar-refractivity contribution is -0.136. The molecule has 0 fully saturated rings. The van der Waals surface area contributed by atoms with Crippen LogP contribution in [0.25, 0.3) is 0 Å². The third kappa shape index (κ3) is 4.28. The molecule has 4 nitrogen and oxygen atoms in total. The molecule has 1 aromatic rings. The standard InChI is InChI=1S/C14H21NO3/c1-11(2)10-15(9-8-14(16)17)12-6-4-5-7-13(12)18-3/h4-7,11H,8-10H2,1-3H3,(H,16,17). The molecule has 0 saturated carbocycles. The molecular formula is C14H21NO3. The molecule has 1 rings (SSSR count). The van der Waals surface area contributed by atoms with Gasteiger partial charge in [0.15, 0.2) is 0 Å². The average Bonchev–Trinajstić information content (AvgIpc) is 2.33. The lowest BCUT2D eigenvalue weighted by Crippen LogP contribution is -2.30. The maximum atomic E-state index is 10.7. The lowest BCUT2D eigenvalue weighted by Gasteiger charge is -2.27. The highest BCUT2D eigenvalue weighted by Crippen LogP contribution is 2.28. The molecule has 0 radical (unpaired) electrons. The summed E-state index contributed by atoms with van der Waals surface area (Å²) >= 11 is 0. The fourth-order valence-corrected chi connectivity index (χ4v) is 1.87. The Kier molecular flexibility index (Phi) is 5.49. The summed E-state index contributed by atoms with van der Waals surface area (Å²) in [5, 5.41) is 8.81. The van der Waals surface area contributed by atoms with Gasteiger partial charge in [0.2, 0.25) is 0 Å². The summed E-state index contributed by atoms with van der Waals surface area (Å²) in [6.07, 6.45) is 0.130. The second kappa shape index (κ2) is 6.89. The van der Waals surface area contributed by atoms with Gasteiger partial charge in [-0.1, -0.05) is 26.0 Å². The molecule has 0 spiro atoms. The first-order chi connectivity index (χ1) is 8.54. The number of para-hydroxylation sites is 2. The molecule has 18 heavy (non-hydrogen) atoms. The molecule has 0 heterocycles. The quantitative estimate of drug-likeness (QED) is 0.809. The van der Waals surface area contributed by atoms with Gasteiger partial charge in [-0.3, -0.25) is 4.79 Å². The second-order valence-electron chi connectivity index (χ2n) is 4.66. The summed E-state index contributed by atoms with van der Waals surface area (Å²) in [5.74, 6) is 0.464. The molecule has 0 bridgehead atoms. The predicted octanol–water partition coefficient (Wildman–Crippen LogP) is 2.63. The number of carboxylic acid groups (broad SMARTS) is 1. The summed E-state index contributed by atoms with van der Waals surface area (Å²) in [6, 6.07) is 7.70. The number of benzene rings is 1. The zero-order chi connectivity index (χ0) is 13.5. The van der Waals surface area contributed by atoms with Crippen molar-refractivity contribution in [3.63, 3.8) is 0 Å². The van der Waals surface area contributed by atoms with Crippen LogP contribution in [0.15, 0.2) is 24.3 Å². The molecule has 0 unspecified atom stereocenters. The van der Waals surface area contributed by atoms with Crippen LogP contribution >= 0.6 is 0 Å². The van der Waals surface area contributed by atoms with Crippen molar-refractivity contribution in [2.75, 3.05) is 25.1 Å². The van der Waals surface area contributed by atoms with Crippen LogP contribution < -0.4 is 9.64 Å². The van der Waals surface area contributed by atoms with Crippen LogP contribution in [0.4, 0.5) is 5.69 Å². The summed E-state index contributed by atoms with van der Waals surface area (Å²) < 4.78 is 5.33. The van der Waals surface area contributed by atoms with Gasteiger partial charge in [0.25, 0.3) is 0 Å². The number of nitrogens with zero attached hydrogens (tertiary/aromatic N) is 1. The fraction of sp³-hybridized carbons (Fsp3) is 0.500. The monoisotopic (exact) mass is 251 g/mol. The number of methoxy groups -OCH3 is 1. The molecule has 0 aliphatic rings. The van der Waals surface area contributed by atoms with E-state index in [1.165, 1.54) is 0 Å². The van der Waals surface area contributed by atoms with Crippen molar-refractivity contribution in [3.8, 4) is 5.75 Å². The van der Waals surface area contributed by atoms with Gasteiger partial charge in [0.05, 0.1) is 19.2 Å². The highest BCUT2D eigenvalue weighted by molar-refractivity contribution is 5.68. The van der Waals surface area contributed by atoms with Gasteiger partial charge in [0, 0.05) is 13.1 Å². The van der Waals surface area contributed by atoms with Gasteiger partial charge in [0.1, 0.15) is 5.75 Å². The van der Waals surface area contributed by atoms with Crippen LogP contribution in [-0.4, -0.2) is 31.3 Å². The summed E-state index contributed by atoms with van der Waals surface area (Å²) in [6.45, 7) is 5.54. The van der Waals surface area contributed by atoms with E-state index in [1.54, 1.807) is 7.11 Å². The highest BCUT2D eigenvalue weighted by Gasteiger charge is 2.14. The molecule has 1 aromatic carbocycles. The van der Waals surface area contributed by atoms with Crippen molar-refractivity contribution < 1.29 is 14.6 Å². The van der Waals surface area contributed by atoms with Crippen molar-refractivity contribution in [3.05, 3.63) is 24.3 Å². The first kappa shape index (κ1) is 14.4. The van der Waals surface area contributed by atoms with Crippen LogP contribution in [0.5, 0.6) is 5.75 Å². The summed E-state index contributed by atoms with van der Waals surface area (Å²) in [4.78, 5) is 12.8. The van der Waals surface area contributed by atoms with Gasteiger partial charge < -0.3 is 14.7 Å². The van der Waals surface area contributed by atoms with E-state index in [4.69, 9.17) is 9.84 Å². The van der Waals surface area contributed by atoms with Crippen LogP contribution in [-0.2, 0) is 4.79 Å². The molecule has 0 aliphatic heterocycles. The van der Waals surface area contributed by atoms with Crippen molar-refractivity contribution in [2.45, 2.75) is 20.3 Å². The molecule has 0 amide bonds. The number of carbonyl (C=O) groups is 1. The minimum atomic E-state index is -0.779. The topological polar surface area (TPSA) is 49.8 Å². The number of hydrogen-bond donors (Lipinski definition) is 1. The maximum Gasteiger partial charge on any atom is 0.305 e. The number of anilines is 1. The van der Waals surface area contributed by atoms with Crippen molar-refractivity contribution in [1.29, 1.82) is 0 Å². The first-order valence-corrected chi connectivity index (χ1v) is 6.14. The average molecular weight is 251 g/mol.